The Kier molecular flexibility index (Phi) is 5.82. The molecule has 0 aliphatic carbocycles. The Bertz CT molecular complexity index is 386. The Morgan fingerprint density at radius 2 is 2.11 bits per heavy atom. The van der Waals surface area contributed by atoms with Crippen molar-refractivity contribution in [3.63, 3.8) is 0 Å². The number of aromatic nitrogens is 2. The molecule has 0 saturated heterocycles. The van der Waals surface area contributed by atoms with Crippen molar-refractivity contribution in [1.82, 2.24) is 9.97 Å². The van der Waals surface area contributed by atoms with Gasteiger partial charge in [0.2, 0.25) is 0 Å². The van der Waals surface area contributed by atoms with Crippen LogP contribution in [0.25, 0.3) is 0 Å². The molecule has 102 valence electrons. The molecule has 5 heteroatoms. The van der Waals surface area contributed by atoms with Crippen LogP contribution in [0, 0.1) is 0 Å². The SMILES string of the molecule is CCCc1c(Cl)ncnc1NC(C)(CC)CCO. The first-order chi connectivity index (χ1) is 8.56. The van der Waals surface area contributed by atoms with Crippen LogP contribution in [0.2, 0.25) is 5.15 Å². The summed E-state index contributed by atoms with van der Waals surface area (Å²) in [7, 11) is 0. The van der Waals surface area contributed by atoms with Crippen molar-refractivity contribution in [2.45, 2.75) is 52.0 Å². The summed E-state index contributed by atoms with van der Waals surface area (Å²) in [5.41, 5.74) is 0.786. The van der Waals surface area contributed by atoms with E-state index in [-0.39, 0.29) is 12.1 Å². The van der Waals surface area contributed by atoms with E-state index in [1.807, 2.05) is 0 Å². The number of hydrogen-bond donors (Lipinski definition) is 2. The van der Waals surface area contributed by atoms with Gasteiger partial charge in [-0.1, -0.05) is 31.9 Å². The molecule has 0 amide bonds. The molecular weight excluding hydrogens is 250 g/mol. The molecule has 2 N–H and O–H groups in total. The molecular formula is C13H22ClN3O. The summed E-state index contributed by atoms with van der Waals surface area (Å²) in [6.45, 7) is 6.42. The minimum Gasteiger partial charge on any atom is -0.396 e. The second kappa shape index (κ2) is 6.90. The van der Waals surface area contributed by atoms with E-state index in [0.717, 1.165) is 30.6 Å². The second-order valence-corrected chi connectivity index (χ2v) is 5.11. The van der Waals surface area contributed by atoms with E-state index in [1.54, 1.807) is 0 Å². The summed E-state index contributed by atoms with van der Waals surface area (Å²) in [5.74, 6) is 0.787. The van der Waals surface area contributed by atoms with Crippen LogP contribution in [0.5, 0.6) is 0 Å². The van der Waals surface area contributed by atoms with Crippen molar-refractivity contribution in [3.8, 4) is 0 Å². The summed E-state index contributed by atoms with van der Waals surface area (Å²) in [6, 6.07) is 0. The van der Waals surface area contributed by atoms with Crippen molar-refractivity contribution in [2.24, 2.45) is 0 Å². The first kappa shape index (κ1) is 15.2. The average Bonchev–Trinajstić information content (AvgIpc) is 2.34. The van der Waals surface area contributed by atoms with Gasteiger partial charge in [0.15, 0.2) is 0 Å². The quantitative estimate of drug-likeness (QED) is 0.749. The first-order valence-electron chi connectivity index (χ1n) is 6.44. The molecule has 0 radical (unpaired) electrons. The molecule has 1 unspecified atom stereocenters. The third-order valence-corrected chi connectivity index (χ3v) is 3.58. The summed E-state index contributed by atoms with van der Waals surface area (Å²) in [4.78, 5) is 8.31. The van der Waals surface area contributed by atoms with E-state index >= 15 is 0 Å². The number of aliphatic hydroxyl groups is 1. The normalized spacial score (nSPS) is 14.3. The molecule has 0 aromatic carbocycles. The van der Waals surface area contributed by atoms with Crippen LogP contribution >= 0.6 is 11.6 Å². The third kappa shape index (κ3) is 3.82. The summed E-state index contributed by atoms with van der Waals surface area (Å²) in [6.07, 6.45) is 4.89. The molecule has 0 saturated carbocycles. The number of nitrogens with one attached hydrogen (secondary N) is 1. The van der Waals surface area contributed by atoms with Gasteiger partial charge in [-0.2, -0.15) is 0 Å². The predicted octanol–water partition coefficient (Wildman–Crippen LogP) is 3.05. The van der Waals surface area contributed by atoms with E-state index in [2.05, 4.69) is 36.1 Å². The predicted molar refractivity (Wildman–Crippen MR) is 75.1 cm³/mol. The highest BCUT2D eigenvalue weighted by Gasteiger charge is 2.23. The highest BCUT2D eigenvalue weighted by atomic mass is 35.5. The lowest BCUT2D eigenvalue weighted by molar-refractivity contribution is 0.251. The zero-order valence-corrected chi connectivity index (χ0v) is 12.1. The van der Waals surface area contributed by atoms with E-state index < -0.39 is 0 Å². The maximum Gasteiger partial charge on any atom is 0.137 e. The maximum atomic E-state index is 9.14. The zero-order valence-electron chi connectivity index (χ0n) is 11.3. The van der Waals surface area contributed by atoms with Crippen LogP contribution in [-0.2, 0) is 6.42 Å². The van der Waals surface area contributed by atoms with Gasteiger partial charge in [0.1, 0.15) is 17.3 Å². The largest absolute Gasteiger partial charge is 0.396 e. The first-order valence-corrected chi connectivity index (χ1v) is 6.82. The Morgan fingerprint density at radius 1 is 1.39 bits per heavy atom. The second-order valence-electron chi connectivity index (χ2n) is 4.75. The number of anilines is 1. The minimum absolute atomic E-state index is 0.152. The molecule has 18 heavy (non-hydrogen) atoms. The topological polar surface area (TPSA) is 58.0 Å². The summed E-state index contributed by atoms with van der Waals surface area (Å²) in [5, 5.41) is 13.1. The van der Waals surface area contributed by atoms with Gasteiger partial charge >= 0.3 is 0 Å². The molecule has 0 aliphatic rings. The molecule has 1 heterocycles. The van der Waals surface area contributed by atoms with Crippen molar-refractivity contribution in [2.75, 3.05) is 11.9 Å². The number of nitrogens with zero attached hydrogens (tertiary/aromatic N) is 2. The van der Waals surface area contributed by atoms with Crippen molar-refractivity contribution >= 4 is 17.4 Å². The van der Waals surface area contributed by atoms with Crippen molar-refractivity contribution in [1.29, 1.82) is 0 Å². The van der Waals surface area contributed by atoms with Gasteiger partial charge in [0.25, 0.3) is 0 Å². The molecule has 0 fully saturated rings. The smallest absolute Gasteiger partial charge is 0.137 e. The molecule has 4 nitrogen and oxygen atoms in total. The Labute approximate surface area is 114 Å². The minimum atomic E-state index is -0.172. The molecule has 0 aliphatic heterocycles. The Morgan fingerprint density at radius 3 is 2.67 bits per heavy atom. The molecule has 1 aromatic heterocycles. The molecule has 1 rings (SSSR count). The summed E-state index contributed by atoms with van der Waals surface area (Å²) < 4.78 is 0. The fourth-order valence-corrected chi connectivity index (χ4v) is 2.06. The van der Waals surface area contributed by atoms with Gasteiger partial charge in [-0.05, 0) is 26.2 Å². The monoisotopic (exact) mass is 271 g/mol. The number of hydrogen-bond acceptors (Lipinski definition) is 4. The van der Waals surface area contributed by atoms with Gasteiger partial charge in [-0.25, -0.2) is 9.97 Å². The number of rotatable bonds is 7. The molecule has 0 spiro atoms. The fourth-order valence-electron chi connectivity index (χ4n) is 1.83. The lowest BCUT2D eigenvalue weighted by Gasteiger charge is -2.30. The van der Waals surface area contributed by atoms with E-state index in [0.29, 0.717) is 11.6 Å². The van der Waals surface area contributed by atoms with Crippen LogP contribution in [0.1, 0.15) is 45.6 Å². The van der Waals surface area contributed by atoms with Crippen molar-refractivity contribution in [3.05, 3.63) is 17.0 Å². The maximum absolute atomic E-state index is 9.14. The zero-order chi connectivity index (χ0) is 13.6. The van der Waals surface area contributed by atoms with Crippen molar-refractivity contribution < 1.29 is 5.11 Å². The lowest BCUT2D eigenvalue weighted by atomic mass is 9.94. The van der Waals surface area contributed by atoms with Gasteiger partial charge in [0.05, 0.1) is 0 Å². The van der Waals surface area contributed by atoms with Gasteiger partial charge in [0, 0.05) is 17.7 Å². The summed E-state index contributed by atoms with van der Waals surface area (Å²) >= 11 is 6.12. The highest BCUT2D eigenvalue weighted by molar-refractivity contribution is 6.30. The third-order valence-electron chi connectivity index (χ3n) is 3.26. The number of aliphatic hydroxyl groups excluding tert-OH is 1. The van der Waals surface area contributed by atoms with E-state index in [1.165, 1.54) is 6.33 Å². The molecule has 0 bridgehead atoms. The molecule has 1 aromatic rings. The van der Waals surface area contributed by atoms with E-state index in [9.17, 15) is 0 Å². The van der Waals surface area contributed by atoms with Gasteiger partial charge in [-0.3, -0.25) is 0 Å². The van der Waals surface area contributed by atoms with Crippen LogP contribution in [0.15, 0.2) is 6.33 Å². The average molecular weight is 272 g/mol. The highest BCUT2D eigenvalue weighted by Crippen LogP contribution is 2.26. The molecule has 1 atom stereocenters. The lowest BCUT2D eigenvalue weighted by Crippen LogP contribution is -2.36. The van der Waals surface area contributed by atoms with Crippen LogP contribution in [-0.4, -0.2) is 27.2 Å². The standard InChI is InChI=1S/C13H22ClN3O/c1-4-6-10-11(14)15-9-16-12(10)17-13(3,5-2)7-8-18/h9,18H,4-8H2,1-3H3,(H,15,16,17). The van der Waals surface area contributed by atoms with Crippen LogP contribution < -0.4 is 5.32 Å². The fraction of sp³-hybridized carbons (Fsp3) is 0.692. The van der Waals surface area contributed by atoms with Crippen LogP contribution in [0.4, 0.5) is 5.82 Å². The van der Waals surface area contributed by atoms with Gasteiger partial charge in [-0.15, -0.1) is 0 Å². The van der Waals surface area contributed by atoms with Crippen LogP contribution in [0.3, 0.4) is 0 Å². The van der Waals surface area contributed by atoms with Gasteiger partial charge < -0.3 is 10.4 Å². The number of halogens is 1. The Hall–Kier alpha value is -0.870. The Balaban J connectivity index is 2.98. The van der Waals surface area contributed by atoms with E-state index in [4.69, 9.17) is 16.7 Å².